The number of halogens is 1. The maximum absolute atomic E-state index is 12.7. The Balaban J connectivity index is 1.68. The van der Waals surface area contributed by atoms with Crippen LogP contribution in [0.1, 0.15) is 36.4 Å². The number of nitrogens with one attached hydrogen (secondary N) is 1. The Morgan fingerprint density at radius 3 is 2.48 bits per heavy atom. The van der Waals surface area contributed by atoms with Crippen LogP contribution in [0.25, 0.3) is 0 Å². The number of hydrogen-bond donors (Lipinski definition) is 1. The van der Waals surface area contributed by atoms with E-state index in [9.17, 15) is 4.79 Å². The van der Waals surface area contributed by atoms with Crippen molar-refractivity contribution in [3.63, 3.8) is 0 Å². The molecule has 0 aliphatic carbocycles. The molecule has 0 aromatic heterocycles. The van der Waals surface area contributed by atoms with Gasteiger partial charge in [0.05, 0.1) is 25.7 Å². The number of likely N-dealkylation sites (tertiary alicyclic amines) is 1. The number of nitrogens with zero attached hydrogens (tertiary/aromatic N) is 1. The summed E-state index contributed by atoms with van der Waals surface area (Å²) < 4.78 is 5.54. The van der Waals surface area contributed by atoms with E-state index in [4.69, 9.17) is 16.3 Å². The van der Waals surface area contributed by atoms with E-state index in [2.05, 4.69) is 0 Å². The lowest BCUT2D eigenvalue weighted by molar-refractivity contribution is -0.887. The topological polar surface area (TPSA) is 34.0 Å². The van der Waals surface area contributed by atoms with Gasteiger partial charge in [0.1, 0.15) is 6.61 Å². The predicted molar refractivity (Wildman–Crippen MR) is 108 cm³/mol. The standard InChI is InChI=1S/C22H27ClN2O2/c1-24(22(26)27-17-18-9-3-2-4-10-18)21(13-16-25-14-7-8-15-25)19-11-5-6-12-20(19)23/h2-6,9-12,21H,7-8,13-17H2,1H3/p+1/t21-/m1/s1. The van der Waals surface area contributed by atoms with Gasteiger partial charge in [-0.25, -0.2) is 4.79 Å². The number of carbonyl (C=O) groups is 1. The summed E-state index contributed by atoms with van der Waals surface area (Å²) in [7, 11) is 1.81. The summed E-state index contributed by atoms with van der Waals surface area (Å²) in [5.74, 6) is 0. The molecule has 144 valence electrons. The van der Waals surface area contributed by atoms with E-state index in [0.29, 0.717) is 5.02 Å². The molecule has 1 N–H and O–H groups in total. The summed E-state index contributed by atoms with van der Waals surface area (Å²) in [5.41, 5.74) is 1.96. The molecule has 1 heterocycles. The van der Waals surface area contributed by atoms with E-state index in [0.717, 1.165) is 24.1 Å². The van der Waals surface area contributed by atoms with Gasteiger partial charge in [-0.3, -0.25) is 0 Å². The monoisotopic (exact) mass is 387 g/mol. The second-order valence-corrected chi connectivity index (χ2v) is 7.59. The third-order valence-corrected chi connectivity index (χ3v) is 5.65. The van der Waals surface area contributed by atoms with Gasteiger partial charge in [-0.1, -0.05) is 60.1 Å². The molecule has 2 aromatic rings. The third kappa shape index (κ3) is 5.47. The summed E-state index contributed by atoms with van der Waals surface area (Å²) in [4.78, 5) is 16.0. The minimum absolute atomic E-state index is 0.0879. The van der Waals surface area contributed by atoms with Crippen molar-refractivity contribution in [2.75, 3.05) is 26.7 Å². The molecule has 0 unspecified atom stereocenters. The molecule has 1 fully saturated rings. The molecule has 0 saturated carbocycles. The summed E-state index contributed by atoms with van der Waals surface area (Å²) >= 11 is 6.45. The Kier molecular flexibility index (Phi) is 7.13. The zero-order valence-corrected chi connectivity index (χ0v) is 16.6. The highest BCUT2D eigenvalue weighted by atomic mass is 35.5. The van der Waals surface area contributed by atoms with Crippen LogP contribution in [-0.2, 0) is 11.3 Å². The molecular formula is C22H28ClN2O2+. The van der Waals surface area contributed by atoms with Gasteiger partial charge in [-0.15, -0.1) is 0 Å². The molecule has 5 heteroatoms. The molecule has 1 saturated heterocycles. The molecule has 1 aliphatic heterocycles. The van der Waals surface area contributed by atoms with Crippen molar-refractivity contribution in [3.05, 3.63) is 70.7 Å². The second kappa shape index (κ2) is 9.77. The Morgan fingerprint density at radius 1 is 1.11 bits per heavy atom. The molecule has 1 atom stereocenters. The SMILES string of the molecule is CN(C(=O)OCc1ccccc1)[C@H](CC[NH+]1CCCC1)c1ccccc1Cl. The predicted octanol–water partition coefficient (Wildman–Crippen LogP) is 3.72. The van der Waals surface area contributed by atoms with Crippen LogP contribution in [0, 0.1) is 0 Å². The smallest absolute Gasteiger partial charge is 0.410 e. The number of carbonyl (C=O) groups excluding carboxylic acids is 1. The Morgan fingerprint density at radius 2 is 1.78 bits per heavy atom. The highest BCUT2D eigenvalue weighted by molar-refractivity contribution is 6.31. The van der Waals surface area contributed by atoms with Gasteiger partial charge in [-0.05, 0) is 17.2 Å². The van der Waals surface area contributed by atoms with Crippen LogP contribution >= 0.6 is 11.6 Å². The van der Waals surface area contributed by atoms with Gasteiger partial charge >= 0.3 is 6.09 Å². The van der Waals surface area contributed by atoms with Crippen LogP contribution in [0.3, 0.4) is 0 Å². The fourth-order valence-corrected chi connectivity index (χ4v) is 3.98. The van der Waals surface area contributed by atoms with E-state index in [1.807, 2.05) is 54.6 Å². The Hall–Kier alpha value is -2.04. The minimum Gasteiger partial charge on any atom is -0.445 e. The quantitative estimate of drug-likeness (QED) is 0.785. The molecule has 0 radical (unpaired) electrons. The first-order valence-electron chi connectivity index (χ1n) is 9.66. The van der Waals surface area contributed by atoms with Crippen molar-refractivity contribution in [1.82, 2.24) is 4.90 Å². The fraction of sp³-hybridized carbons (Fsp3) is 0.409. The van der Waals surface area contributed by atoms with Crippen LogP contribution in [0.5, 0.6) is 0 Å². The van der Waals surface area contributed by atoms with Gasteiger partial charge in [-0.2, -0.15) is 0 Å². The maximum Gasteiger partial charge on any atom is 0.410 e. The van der Waals surface area contributed by atoms with Gasteiger partial charge in [0.15, 0.2) is 0 Å². The van der Waals surface area contributed by atoms with Gasteiger partial charge in [0.25, 0.3) is 0 Å². The summed E-state index contributed by atoms with van der Waals surface area (Å²) in [5, 5.41) is 0.696. The zero-order valence-electron chi connectivity index (χ0n) is 15.9. The average molecular weight is 388 g/mol. The largest absolute Gasteiger partial charge is 0.445 e. The van der Waals surface area contributed by atoms with Crippen LogP contribution in [0.2, 0.25) is 5.02 Å². The molecule has 1 amide bonds. The number of hydrogen-bond acceptors (Lipinski definition) is 2. The van der Waals surface area contributed by atoms with Crippen LogP contribution < -0.4 is 4.90 Å². The van der Waals surface area contributed by atoms with E-state index >= 15 is 0 Å². The van der Waals surface area contributed by atoms with Crippen LogP contribution in [-0.4, -0.2) is 37.7 Å². The summed E-state index contributed by atoms with van der Waals surface area (Å²) in [6.45, 7) is 3.75. The summed E-state index contributed by atoms with van der Waals surface area (Å²) in [6, 6.07) is 17.4. The lowest BCUT2D eigenvalue weighted by atomic mass is 10.0. The average Bonchev–Trinajstić information content (AvgIpc) is 3.21. The lowest BCUT2D eigenvalue weighted by Crippen LogP contribution is -3.10. The lowest BCUT2D eigenvalue weighted by Gasteiger charge is -2.29. The van der Waals surface area contributed by atoms with Crippen molar-refractivity contribution in [1.29, 1.82) is 0 Å². The second-order valence-electron chi connectivity index (χ2n) is 7.18. The molecular weight excluding hydrogens is 360 g/mol. The molecule has 27 heavy (non-hydrogen) atoms. The Bertz CT molecular complexity index is 732. The van der Waals surface area contributed by atoms with Crippen LogP contribution in [0.15, 0.2) is 54.6 Å². The molecule has 2 aromatic carbocycles. The van der Waals surface area contributed by atoms with Crippen molar-refractivity contribution >= 4 is 17.7 Å². The molecule has 0 spiro atoms. The summed E-state index contributed by atoms with van der Waals surface area (Å²) in [6.07, 6.45) is 3.14. The molecule has 0 bridgehead atoms. The minimum atomic E-state index is -0.319. The van der Waals surface area contributed by atoms with Crippen molar-refractivity contribution < 1.29 is 14.4 Å². The van der Waals surface area contributed by atoms with E-state index in [1.54, 1.807) is 16.8 Å². The van der Waals surface area contributed by atoms with E-state index in [-0.39, 0.29) is 18.7 Å². The maximum atomic E-state index is 12.7. The number of amides is 1. The first kappa shape index (κ1) is 19.7. The van der Waals surface area contributed by atoms with Gasteiger partial charge in [0, 0.05) is 31.3 Å². The van der Waals surface area contributed by atoms with Crippen molar-refractivity contribution in [2.24, 2.45) is 0 Å². The molecule has 3 rings (SSSR count). The molecule has 1 aliphatic rings. The number of rotatable bonds is 7. The third-order valence-electron chi connectivity index (χ3n) is 5.31. The Labute approximate surface area is 166 Å². The van der Waals surface area contributed by atoms with Crippen molar-refractivity contribution in [2.45, 2.75) is 31.9 Å². The first-order chi connectivity index (χ1) is 13.1. The molecule has 4 nitrogen and oxygen atoms in total. The van der Waals surface area contributed by atoms with E-state index < -0.39 is 0 Å². The first-order valence-corrected chi connectivity index (χ1v) is 10.0. The van der Waals surface area contributed by atoms with E-state index in [1.165, 1.54) is 25.9 Å². The van der Waals surface area contributed by atoms with Crippen LogP contribution in [0.4, 0.5) is 4.79 Å². The normalized spacial score (nSPS) is 15.5. The van der Waals surface area contributed by atoms with Gasteiger partial charge in [0.2, 0.25) is 0 Å². The van der Waals surface area contributed by atoms with Gasteiger partial charge < -0.3 is 14.5 Å². The highest BCUT2D eigenvalue weighted by Gasteiger charge is 2.27. The number of benzene rings is 2. The van der Waals surface area contributed by atoms with Crippen molar-refractivity contribution in [3.8, 4) is 0 Å². The fourth-order valence-electron chi connectivity index (χ4n) is 3.72. The number of quaternary nitrogens is 1. The highest BCUT2D eigenvalue weighted by Crippen LogP contribution is 2.29. The number of ether oxygens (including phenoxy) is 1. The zero-order chi connectivity index (χ0) is 19.1.